The smallest absolute Gasteiger partial charge is 0.305 e. The maximum Gasteiger partial charge on any atom is 0.305 e. The minimum Gasteiger partial charge on any atom is -0.463 e. The van der Waals surface area contributed by atoms with E-state index in [0.29, 0.717) is 25.9 Å². The van der Waals surface area contributed by atoms with E-state index in [2.05, 4.69) is 13.2 Å². The van der Waals surface area contributed by atoms with Gasteiger partial charge in [-0.3, -0.25) is 14.4 Å². The van der Waals surface area contributed by atoms with Crippen molar-refractivity contribution in [1.82, 2.24) is 9.80 Å². The highest BCUT2D eigenvalue weighted by Gasteiger charge is 2.35. The maximum atomic E-state index is 13.4. The molecule has 0 bridgehead atoms. The predicted octanol–water partition coefficient (Wildman–Crippen LogP) is 3.87. The van der Waals surface area contributed by atoms with E-state index in [1.165, 1.54) is 0 Å². The Balaban J connectivity index is 1.96. The maximum absolute atomic E-state index is 13.4. The molecule has 0 spiro atoms. The Hall–Kier alpha value is -2.93. The highest BCUT2D eigenvalue weighted by molar-refractivity contribution is 5.86. The van der Waals surface area contributed by atoms with Gasteiger partial charge in [0.2, 0.25) is 11.8 Å². The molecule has 1 fully saturated rings. The van der Waals surface area contributed by atoms with Crippen molar-refractivity contribution in [2.24, 2.45) is 5.92 Å². The van der Waals surface area contributed by atoms with Crippen molar-refractivity contribution >= 4 is 17.8 Å². The number of allylic oxidation sites excluding steroid dienone is 2. The molecule has 0 aliphatic carbocycles. The molecule has 2 atom stereocenters. The molecule has 1 aliphatic heterocycles. The number of carbonyl (C=O) groups excluding carboxylic acids is 3. The lowest BCUT2D eigenvalue weighted by atomic mass is 9.98. The van der Waals surface area contributed by atoms with Crippen molar-refractivity contribution in [2.75, 3.05) is 26.3 Å². The van der Waals surface area contributed by atoms with E-state index in [9.17, 15) is 19.5 Å². The van der Waals surface area contributed by atoms with Crippen molar-refractivity contribution in [3.05, 3.63) is 61.2 Å². The number of benzene rings is 1. The van der Waals surface area contributed by atoms with Crippen molar-refractivity contribution in [3.63, 3.8) is 0 Å². The molecule has 1 aromatic carbocycles. The van der Waals surface area contributed by atoms with E-state index in [1.54, 1.807) is 15.9 Å². The molecule has 0 aromatic heterocycles. The second-order valence-electron chi connectivity index (χ2n) is 9.00. The fraction of sp³-hybridized carbons (Fsp3) is 0.536. The van der Waals surface area contributed by atoms with E-state index in [1.807, 2.05) is 36.4 Å². The summed E-state index contributed by atoms with van der Waals surface area (Å²) in [4.78, 5) is 42.0. The minimum absolute atomic E-state index is 0.0456. The topological polar surface area (TPSA) is 87.2 Å². The van der Waals surface area contributed by atoms with Crippen LogP contribution >= 0.6 is 0 Å². The fourth-order valence-electron chi connectivity index (χ4n) is 4.38. The first kappa shape index (κ1) is 28.3. The van der Waals surface area contributed by atoms with Gasteiger partial charge in [0.05, 0.1) is 18.6 Å². The number of amides is 2. The molecule has 1 heterocycles. The quantitative estimate of drug-likeness (QED) is 0.219. The van der Waals surface area contributed by atoms with Gasteiger partial charge in [-0.15, -0.1) is 13.2 Å². The standard InChI is InChI=1S/C28H40N2O5/c1-3-5-6-10-16-27(33)35-22-25-15-11-17-30(25)28(34)24(12-4-2)20-26(32)29(18-19-31)21-23-13-8-7-9-14-23/h3-4,7-9,13-14,24-25,31H,1-2,5-6,10-12,15-22H2/t24-,25-/m0/s1. The highest BCUT2D eigenvalue weighted by Crippen LogP contribution is 2.24. The number of ether oxygens (including phenoxy) is 1. The Morgan fingerprint density at radius 3 is 2.63 bits per heavy atom. The SMILES string of the molecule is C=CCCCCC(=O)OC[C@@H]1CCCN1C(=O)[C@@H](CC=C)CC(=O)N(CCO)Cc1ccccc1. The summed E-state index contributed by atoms with van der Waals surface area (Å²) in [5, 5.41) is 9.47. The molecule has 0 unspecified atom stereocenters. The first-order valence-corrected chi connectivity index (χ1v) is 12.6. The summed E-state index contributed by atoms with van der Waals surface area (Å²) in [6, 6.07) is 9.41. The minimum atomic E-state index is -0.535. The summed E-state index contributed by atoms with van der Waals surface area (Å²) < 4.78 is 5.46. The monoisotopic (exact) mass is 484 g/mol. The van der Waals surface area contributed by atoms with Gasteiger partial charge in [-0.25, -0.2) is 0 Å². The van der Waals surface area contributed by atoms with E-state index in [-0.39, 0.29) is 50.0 Å². The van der Waals surface area contributed by atoms with Crippen LogP contribution in [0.25, 0.3) is 0 Å². The van der Waals surface area contributed by atoms with Crippen LogP contribution in [0.1, 0.15) is 56.9 Å². The van der Waals surface area contributed by atoms with Crippen LogP contribution in [0.2, 0.25) is 0 Å². The van der Waals surface area contributed by atoms with Crippen molar-refractivity contribution in [2.45, 2.75) is 64.0 Å². The second kappa shape index (κ2) is 15.9. The largest absolute Gasteiger partial charge is 0.463 e. The van der Waals surface area contributed by atoms with Gasteiger partial charge in [-0.2, -0.15) is 0 Å². The van der Waals surface area contributed by atoms with Crippen LogP contribution in [-0.4, -0.2) is 65.0 Å². The second-order valence-corrected chi connectivity index (χ2v) is 9.00. The Morgan fingerprint density at radius 1 is 1.17 bits per heavy atom. The Labute approximate surface area is 209 Å². The molecule has 1 aromatic rings. The predicted molar refractivity (Wildman–Crippen MR) is 136 cm³/mol. The van der Waals surface area contributed by atoms with E-state index >= 15 is 0 Å². The van der Waals surface area contributed by atoms with E-state index in [4.69, 9.17) is 4.74 Å². The van der Waals surface area contributed by atoms with Crippen molar-refractivity contribution < 1.29 is 24.2 Å². The van der Waals surface area contributed by atoms with Crippen LogP contribution in [0.15, 0.2) is 55.6 Å². The Kier molecular flexibility index (Phi) is 12.8. The summed E-state index contributed by atoms with van der Waals surface area (Å²) in [6.45, 7) is 8.67. The third-order valence-corrected chi connectivity index (χ3v) is 6.30. The number of hydrogen-bond donors (Lipinski definition) is 1. The van der Waals surface area contributed by atoms with Gasteiger partial charge >= 0.3 is 5.97 Å². The van der Waals surface area contributed by atoms with Crippen LogP contribution in [0, 0.1) is 5.92 Å². The first-order valence-electron chi connectivity index (χ1n) is 12.6. The number of carbonyl (C=O) groups is 3. The Morgan fingerprint density at radius 2 is 1.94 bits per heavy atom. The summed E-state index contributed by atoms with van der Waals surface area (Å²) in [7, 11) is 0. The van der Waals surface area contributed by atoms with Crippen LogP contribution in [0.4, 0.5) is 0 Å². The molecule has 1 N–H and O–H groups in total. The van der Waals surface area contributed by atoms with Gasteiger partial charge in [0.15, 0.2) is 0 Å². The Bertz CT molecular complexity index is 826. The molecule has 7 heteroatoms. The molecule has 2 amide bonds. The summed E-state index contributed by atoms with van der Waals surface area (Å²) in [5.74, 6) is -1.06. The van der Waals surface area contributed by atoms with E-state index < -0.39 is 5.92 Å². The third kappa shape index (κ3) is 9.68. The van der Waals surface area contributed by atoms with Crippen LogP contribution in [-0.2, 0) is 25.7 Å². The zero-order valence-electron chi connectivity index (χ0n) is 20.8. The first-order chi connectivity index (χ1) is 17.0. The molecule has 35 heavy (non-hydrogen) atoms. The van der Waals surface area contributed by atoms with Gasteiger partial charge in [0, 0.05) is 32.5 Å². The van der Waals surface area contributed by atoms with Gasteiger partial charge < -0.3 is 19.6 Å². The molecular formula is C28H40N2O5. The number of aliphatic hydroxyl groups excluding tert-OH is 1. The number of hydrogen-bond acceptors (Lipinski definition) is 5. The molecule has 2 rings (SSSR count). The number of rotatable bonds is 16. The zero-order valence-corrected chi connectivity index (χ0v) is 20.8. The number of aliphatic hydroxyl groups is 1. The number of likely N-dealkylation sites (tertiary alicyclic amines) is 1. The number of unbranched alkanes of at least 4 members (excludes halogenated alkanes) is 2. The van der Waals surface area contributed by atoms with Gasteiger partial charge in [-0.1, -0.05) is 42.5 Å². The van der Waals surface area contributed by atoms with Crippen molar-refractivity contribution in [1.29, 1.82) is 0 Å². The van der Waals surface area contributed by atoms with Gasteiger partial charge in [-0.05, 0) is 44.1 Å². The molecule has 192 valence electrons. The average Bonchev–Trinajstić information content (AvgIpc) is 3.33. The molecule has 1 saturated heterocycles. The molecule has 1 aliphatic rings. The lowest BCUT2D eigenvalue weighted by molar-refractivity contribution is -0.149. The van der Waals surface area contributed by atoms with Crippen LogP contribution < -0.4 is 0 Å². The van der Waals surface area contributed by atoms with E-state index in [0.717, 1.165) is 37.7 Å². The van der Waals surface area contributed by atoms with Gasteiger partial charge in [0.25, 0.3) is 0 Å². The number of nitrogens with zero attached hydrogens (tertiary/aromatic N) is 2. The summed E-state index contributed by atoms with van der Waals surface area (Å²) in [5.41, 5.74) is 0.965. The molecule has 7 nitrogen and oxygen atoms in total. The van der Waals surface area contributed by atoms with Crippen LogP contribution in [0.5, 0.6) is 0 Å². The average molecular weight is 485 g/mol. The zero-order chi connectivity index (χ0) is 25.5. The van der Waals surface area contributed by atoms with Crippen LogP contribution in [0.3, 0.4) is 0 Å². The van der Waals surface area contributed by atoms with Gasteiger partial charge in [0.1, 0.15) is 6.61 Å². The lowest BCUT2D eigenvalue weighted by Crippen LogP contribution is -2.44. The third-order valence-electron chi connectivity index (χ3n) is 6.30. The fourth-order valence-corrected chi connectivity index (χ4v) is 4.38. The molecule has 0 saturated carbocycles. The molecular weight excluding hydrogens is 444 g/mol. The highest BCUT2D eigenvalue weighted by atomic mass is 16.5. The van der Waals surface area contributed by atoms with Crippen molar-refractivity contribution in [3.8, 4) is 0 Å². The molecule has 0 radical (unpaired) electrons. The lowest BCUT2D eigenvalue weighted by Gasteiger charge is -2.29. The normalized spacial score (nSPS) is 15.9. The number of esters is 1. The summed E-state index contributed by atoms with van der Waals surface area (Å²) in [6.07, 6.45) is 8.45. The summed E-state index contributed by atoms with van der Waals surface area (Å²) >= 11 is 0.